The van der Waals surface area contributed by atoms with Crippen molar-refractivity contribution in [3.05, 3.63) is 4.91 Å². The Kier molecular flexibility index (Phi) is 3.80. The third-order valence-corrected chi connectivity index (χ3v) is 0.738. The van der Waals surface area contributed by atoms with Crippen molar-refractivity contribution >= 4 is 5.97 Å². The third kappa shape index (κ3) is 2.22. The molecule has 0 aromatic carbocycles. The molecule has 0 aromatic rings. The van der Waals surface area contributed by atoms with E-state index < -0.39 is 12.0 Å². The molecule has 54 valence electrons. The topological polar surface area (TPSA) is 79.5 Å². The summed E-state index contributed by atoms with van der Waals surface area (Å²) >= 11 is 0. The normalized spacial score (nSPS) is 11.2. The number of hydrogen-bond donors (Lipinski definition) is 0. The lowest BCUT2D eigenvalue weighted by Crippen LogP contribution is -2.18. The highest BCUT2D eigenvalue weighted by molar-refractivity contribution is 5.78. The predicted octanol–water partition coefficient (Wildman–Crippen LogP) is 0.208. The van der Waals surface area contributed by atoms with Crippen LogP contribution in [0.1, 0.15) is 6.92 Å². The molecule has 0 unspecified atom stereocenters. The van der Waals surface area contributed by atoms with Crippen molar-refractivity contribution in [2.45, 2.75) is 13.0 Å². The zero-order chi connectivity index (χ0) is 7.98. The number of ether oxygens (including phenoxy) is 1. The van der Waals surface area contributed by atoms with Crippen molar-refractivity contribution in [1.82, 2.24) is 0 Å². The summed E-state index contributed by atoms with van der Waals surface area (Å²) in [6.07, 6.45) is 0. The van der Waals surface area contributed by atoms with E-state index in [0.29, 0.717) is 0 Å². The molecule has 0 saturated carbocycles. The molecule has 0 aromatic heterocycles. The fraction of sp³-hybridized carbons (Fsp3) is 0.600. The molecular weight excluding hydrogens is 136 g/mol. The van der Waals surface area contributed by atoms with Crippen LogP contribution in [-0.2, 0) is 9.53 Å². The van der Waals surface area contributed by atoms with E-state index >= 15 is 0 Å². The Morgan fingerprint density at radius 2 is 2.50 bits per heavy atom. The van der Waals surface area contributed by atoms with E-state index in [2.05, 4.69) is 9.91 Å². The smallest absolute Gasteiger partial charge is 0.349 e. The van der Waals surface area contributed by atoms with Gasteiger partial charge in [-0.3, -0.25) is 0 Å². The van der Waals surface area contributed by atoms with Gasteiger partial charge < -0.3 is 4.74 Å². The van der Waals surface area contributed by atoms with Gasteiger partial charge in [0, 0.05) is 0 Å². The number of carbonyl (C=O) groups excluding carboxylic acids is 1. The lowest BCUT2D eigenvalue weighted by molar-refractivity contribution is -0.143. The van der Waals surface area contributed by atoms with Gasteiger partial charge >= 0.3 is 5.97 Å². The van der Waals surface area contributed by atoms with Crippen molar-refractivity contribution in [3.8, 4) is 6.07 Å². The number of rotatable bonds is 3. The van der Waals surface area contributed by atoms with Crippen molar-refractivity contribution < 1.29 is 9.53 Å². The second-order valence-electron chi connectivity index (χ2n) is 1.39. The molecule has 0 rings (SSSR count). The van der Waals surface area contributed by atoms with E-state index in [1.807, 2.05) is 0 Å². The molecule has 0 spiro atoms. The summed E-state index contributed by atoms with van der Waals surface area (Å²) in [5.41, 5.74) is 0. The summed E-state index contributed by atoms with van der Waals surface area (Å²) in [6.45, 7) is 1.73. The molecule has 0 aliphatic heterocycles. The molecule has 5 heteroatoms. The van der Waals surface area contributed by atoms with Crippen LogP contribution < -0.4 is 0 Å². The van der Waals surface area contributed by atoms with Crippen molar-refractivity contribution in [1.29, 1.82) is 5.26 Å². The molecular formula is C5H6N2O3. The SMILES string of the molecule is CCOC(=O)[C@H](C#N)N=O. The van der Waals surface area contributed by atoms with E-state index in [1.165, 1.54) is 6.07 Å². The highest BCUT2D eigenvalue weighted by Crippen LogP contribution is 1.91. The van der Waals surface area contributed by atoms with Crippen LogP contribution in [-0.4, -0.2) is 18.6 Å². The first kappa shape index (κ1) is 8.56. The van der Waals surface area contributed by atoms with Crippen LogP contribution in [0.4, 0.5) is 0 Å². The Hall–Kier alpha value is -1.44. The molecule has 10 heavy (non-hydrogen) atoms. The first-order valence-corrected chi connectivity index (χ1v) is 2.65. The lowest BCUT2D eigenvalue weighted by Gasteiger charge is -1.98. The highest BCUT2D eigenvalue weighted by atomic mass is 16.5. The van der Waals surface area contributed by atoms with Crippen LogP contribution in [0.25, 0.3) is 0 Å². The summed E-state index contributed by atoms with van der Waals surface area (Å²) in [5, 5.41) is 10.3. The Morgan fingerprint density at radius 1 is 1.90 bits per heavy atom. The lowest BCUT2D eigenvalue weighted by atomic mass is 10.4. The summed E-state index contributed by atoms with van der Waals surface area (Å²) in [4.78, 5) is 20.1. The van der Waals surface area contributed by atoms with Crippen LogP contribution in [0.5, 0.6) is 0 Å². The van der Waals surface area contributed by atoms with Gasteiger partial charge in [0.1, 0.15) is 6.07 Å². The average Bonchev–Trinajstić information content (AvgIpc) is 1.91. The second-order valence-corrected chi connectivity index (χ2v) is 1.39. The Labute approximate surface area is 57.6 Å². The van der Waals surface area contributed by atoms with Crippen molar-refractivity contribution in [3.63, 3.8) is 0 Å². The molecule has 0 amide bonds. The largest absolute Gasteiger partial charge is 0.464 e. The van der Waals surface area contributed by atoms with Gasteiger partial charge in [0.25, 0.3) is 6.04 Å². The zero-order valence-corrected chi connectivity index (χ0v) is 5.40. The van der Waals surface area contributed by atoms with Gasteiger partial charge in [0.15, 0.2) is 0 Å². The summed E-state index contributed by atoms with van der Waals surface area (Å²) in [5.74, 6) is -0.889. The van der Waals surface area contributed by atoms with Crippen molar-refractivity contribution in [2.24, 2.45) is 5.18 Å². The fourth-order valence-corrected chi connectivity index (χ4v) is 0.341. The van der Waals surface area contributed by atoms with Crippen LogP contribution in [0.15, 0.2) is 5.18 Å². The van der Waals surface area contributed by atoms with Gasteiger partial charge in [-0.1, -0.05) is 0 Å². The number of nitrogens with zero attached hydrogens (tertiary/aromatic N) is 2. The second kappa shape index (κ2) is 4.44. The molecule has 0 fully saturated rings. The molecule has 0 aliphatic rings. The number of nitroso groups, excluding NO2 is 1. The van der Waals surface area contributed by atoms with Crippen molar-refractivity contribution in [2.75, 3.05) is 6.61 Å². The number of carbonyl (C=O) groups is 1. The standard InChI is InChI=1S/C5H6N2O3/c1-2-10-5(8)4(3-6)7-9/h4H,2H2,1H3/t4-/m0/s1. The maximum absolute atomic E-state index is 10.5. The molecule has 5 nitrogen and oxygen atoms in total. The van der Waals surface area contributed by atoms with Crippen LogP contribution in [0, 0.1) is 16.2 Å². The van der Waals surface area contributed by atoms with Gasteiger partial charge in [-0.15, -0.1) is 4.91 Å². The van der Waals surface area contributed by atoms with Gasteiger partial charge in [-0.25, -0.2) is 4.79 Å². The van der Waals surface area contributed by atoms with Crippen LogP contribution in [0.2, 0.25) is 0 Å². The number of hydrogen-bond acceptors (Lipinski definition) is 5. The van der Waals surface area contributed by atoms with E-state index in [1.54, 1.807) is 6.92 Å². The maximum Gasteiger partial charge on any atom is 0.349 e. The minimum Gasteiger partial charge on any atom is -0.464 e. The molecule has 0 saturated heterocycles. The molecule has 0 radical (unpaired) electrons. The Balaban J connectivity index is 3.92. The van der Waals surface area contributed by atoms with Gasteiger partial charge in [-0.2, -0.15) is 5.26 Å². The minimum atomic E-state index is -1.51. The molecule has 0 heterocycles. The maximum atomic E-state index is 10.5. The van der Waals surface area contributed by atoms with Gasteiger partial charge in [-0.05, 0) is 12.1 Å². The monoisotopic (exact) mass is 142 g/mol. The Bertz CT molecular complexity index is 172. The highest BCUT2D eigenvalue weighted by Gasteiger charge is 2.18. The van der Waals surface area contributed by atoms with Crippen LogP contribution >= 0.6 is 0 Å². The quantitative estimate of drug-likeness (QED) is 0.416. The fourth-order valence-electron chi connectivity index (χ4n) is 0.341. The molecule has 0 N–H and O–H groups in total. The van der Waals surface area contributed by atoms with E-state index in [4.69, 9.17) is 5.26 Å². The number of esters is 1. The molecule has 0 aliphatic carbocycles. The summed E-state index contributed by atoms with van der Waals surface area (Å²) in [7, 11) is 0. The summed E-state index contributed by atoms with van der Waals surface area (Å²) < 4.78 is 4.33. The first-order chi connectivity index (χ1) is 4.76. The van der Waals surface area contributed by atoms with Gasteiger partial charge in [0.05, 0.1) is 6.61 Å². The average molecular weight is 142 g/mol. The van der Waals surface area contributed by atoms with E-state index in [9.17, 15) is 9.70 Å². The summed E-state index contributed by atoms with van der Waals surface area (Å²) in [6, 6.07) is -0.131. The van der Waals surface area contributed by atoms with E-state index in [-0.39, 0.29) is 6.61 Å². The first-order valence-electron chi connectivity index (χ1n) is 2.65. The minimum absolute atomic E-state index is 0.145. The molecule has 1 atom stereocenters. The van der Waals surface area contributed by atoms with Crippen LogP contribution in [0.3, 0.4) is 0 Å². The number of nitriles is 1. The third-order valence-electron chi connectivity index (χ3n) is 0.738. The molecule has 0 bridgehead atoms. The predicted molar refractivity (Wildman–Crippen MR) is 31.8 cm³/mol. The van der Waals surface area contributed by atoms with Gasteiger partial charge in [0.2, 0.25) is 0 Å². The van der Waals surface area contributed by atoms with E-state index in [0.717, 1.165) is 0 Å². The Morgan fingerprint density at radius 3 is 2.80 bits per heavy atom. The zero-order valence-electron chi connectivity index (χ0n) is 5.40.